The molecule has 2 aromatic heterocycles. The normalized spacial score (nSPS) is 10.9. The predicted octanol–water partition coefficient (Wildman–Crippen LogP) is 4.37. The fraction of sp³-hybridized carbons (Fsp3) is 0.100. The zero-order valence-corrected chi connectivity index (χ0v) is 15.7. The van der Waals surface area contributed by atoms with Crippen molar-refractivity contribution in [3.8, 4) is 0 Å². The number of hydrogen-bond donors (Lipinski definition) is 2. The summed E-state index contributed by atoms with van der Waals surface area (Å²) in [6.45, 7) is 3.91. The molecule has 4 rings (SSSR count). The van der Waals surface area contributed by atoms with Gasteiger partial charge in [0.25, 0.3) is 5.91 Å². The van der Waals surface area contributed by atoms with Gasteiger partial charge in [-0.2, -0.15) is 5.10 Å². The number of carbonyl (C=O) groups is 1. The van der Waals surface area contributed by atoms with Crippen LogP contribution < -0.4 is 5.32 Å². The number of aromatic amines is 1. The summed E-state index contributed by atoms with van der Waals surface area (Å²) in [5.74, 6) is -0.178. The summed E-state index contributed by atoms with van der Waals surface area (Å²) < 4.78 is 0. The van der Waals surface area contributed by atoms with Crippen molar-refractivity contribution in [3.05, 3.63) is 71.7 Å². The highest BCUT2D eigenvalue weighted by Gasteiger charge is 2.11. The van der Waals surface area contributed by atoms with E-state index in [0.29, 0.717) is 5.56 Å². The molecule has 2 aromatic carbocycles. The Morgan fingerprint density at radius 3 is 2.52 bits per heavy atom. The van der Waals surface area contributed by atoms with E-state index in [4.69, 9.17) is 0 Å². The third-order valence-corrected chi connectivity index (χ3v) is 4.88. The Kier molecular flexibility index (Phi) is 4.60. The van der Waals surface area contributed by atoms with E-state index >= 15 is 0 Å². The molecule has 6 nitrogen and oxygen atoms in total. The van der Waals surface area contributed by atoms with Crippen molar-refractivity contribution in [1.29, 1.82) is 0 Å². The molecule has 0 aliphatic rings. The Bertz CT molecular complexity index is 1100. The lowest BCUT2D eigenvalue weighted by atomic mass is 10.1. The summed E-state index contributed by atoms with van der Waals surface area (Å²) in [5.41, 5.74) is 3.91. The second-order valence-electron chi connectivity index (χ2n) is 6.15. The van der Waals surface area contributed by atoms with Crippen LogP contribution in [0.2, 0.25) is 0 Å². The quantitative estimate of drug-likeness (QED) is 0.517. The molecule has 0 bridgehead atoms. The number of benzene rings is 2. The van der Waals surface area contributed by atoms with Gasteiger partial charge >= 0.3 is 0 Å². The molecular formula is C20H17N5OS. The minimum absolute atomic E-state index is 0.178. The third kappa shape index (κ3) is 3.83. The minimum Gasteiger partial charge on any atom is -0.322 e. The number of aryl methyl sites for hydroxylation is 2. The fourth-order valence-electron chi connectivity index (χ4n) is 2.81. The van der Waals surface area contributed by atoms with Gasteiger partial charge in [0.1, 0.15) is 0 Å². The molecule has 0 aliphatic heterocycles. The van der Waals surface area contributed by atoms with Crippen LogP contribution in [0.15, 0.2) is 64.8 Å². The maximum Gasteiger partial charge on any atom is 0.257 e. The smallest absolute Gasteiger partial charge is 0.257 e. The van der Waals surface area contributed by atoms with Crippen LogP contribution in [0.5, 0.6) is 0 Å². The highest BCUT2D eigenvalue weighted by molar-refractivity contribution is 7.99. The van der Waals surface area contributed by atoms with E-state index in [2.05, 4.69) is 25.5 Å². The average Bonchev–Trinajstić information content (AvgIpc) is 3.11. The first-order chi connectivity index (χ1) is 13.1. The van der Waals surface area contributed by atoms with Crippen molar-refractivity contribution in [2.75, 3.05) is 5.32 Å². The Morgan fingerprint density at radius 2 is 1.78 bits per heavy atom. The molecule has 1 amide bonds. The lowest BCUT2D eigenvalue weighted by molar-refractivity contribution is 0.102. The number of nitrogens with one attached hydrogen (secondary N) is 2. The van der Waals surface area contributed by atoms with Crippen LogP contribution >= 0.6 is 11.8 Å². The van der Waals surface area contributed by atoms with E-state index in [1.807, 2.05) is 56.3 Å². The van der Waals surface area contributed by atoms with Gasteiger partial charge in [-0.25, -0.2) is 9.97 Å². The van der Waals surface area contributed by atoms with Crippen molar-refractivity contribution in [2.24, 2.45) is 0 Å². The van der Waals surface area contributed by atoms with Gasteiger partial charge in [0.15, 0.2) is 5.16 Å². The molecular weight excluding hydrogens is 358 g/mol. The number of anilines is 1. The zero-order chi connectivity index (χ0) is 18.8. The van der Waals surface area contributed by atoms with E-state index in [0.717, 1.165) is 38.0 Å². The molecule has 0 radical (unpaired) electrons. The molecule has 0 saturated heterocycles. The van der Waals surface area contributed by atoms with Gasteiger partial charge in [0.2, 0.25) is 0 Å². The van der Waals surface area contributed by atoms with Gasteiger partial charge in [0.05, 0.1) is 17.3 Å². The molecule has 0 fully saturated rings. The first-order valence-electron chi connectivity index (χ1n) is 8.42. The monoisotopic (exact) mass is 375 g/mol. The molecule has 134 valence electrons. The zero-order valence-electron chi connectivity index (χ0n) is 14.9. The summed E-state index contributed by atoms with van der Waals surface area (Å²) in [6.07, 6.45) is 1.70. The summed E-state index contributed by atoms with van der Waals surface area (Å²) in [4.78, 5) is 22.5. The van der Waals surface area contributed by atoms with Gasteiger partial charge in [-0.3, -0.25) is 9.89 Å². The molecule has 0 unspecified atom stereocenters. The number of carbonyl (C=O) groups excluding carboxylic acids is 1. The molecule has 2 heterocycles. The Balaban J connectivity index is 1.49. The van der Waals surface area contributed by atoms with Crippen LogP contribution in [0.3, 0.4) is 0 Å². The maximum atomic E-state index is 12.6. The fourth-order valence-corrected chi connectivity index (χ4v) is 3.67. The maximum absolute atomic E-state index is 12.6. The summed E-state index contributed by atoms with van der Waals surface area (Å²) in [6, 6.07) is 15.1. The van der Waals surface area contributed by atoms with Gasteiger partial charge in [0, 0.05) is 27.4 Å². The number of hydrogen-bond acceptors (Lipinski definition) is 5. The van der Waals surface area contributed by atoms with Crippen molar-refractivity contribution in [3.63, 3.8) is 0 Å². The predicted molar refractivity (Wildman–Crippen MR) is 106 cm³/mol. The van der Waals surface area contributed by atoms with Crippen LogP contribution in [-0.2, 0) is 0 Å². The van der Waals surface area contributed by atoms with Gasteiger partial charge in [-0.15, -0.1) is 0 Å². The number of nitrogens with zero attached hydrogens (tertiary/aromatic N) is 3. The first-order valence-corrected chi connectivity index (χ1v) is 9.24. The van der Waals surface area contributed by atoms with Crippen LogP contribution in [0.25, 0.3) is 10.9 Å². The molecule has 7 heteroatoms. The summed E-state index contributed by atoms with van der Waals surface area (Å²) >= 11 is 1.49. The van der Waals surface area contributed by atoms with Crippen LogP contribution in [0, 0.1) is 13.8 Å². The van der Waals surface area contributed by atoms with Crippen molar-refractivity contribution in [1.82, 2.24) is 20.2 Å². The number of fused-ring (bicyclic) bond motifs is 1. The number of para-hydroxylation sites is 1. The second-order valence-corrected chi connectivity index (χ2v) is 7.19. The van der Waals surface area contributed by atoms with Crippen molar-refractivity contribution >= 4 is 34.3 Å². The van der Waals surface area contributed by atoms with E-state index in [1.165, 1.54) is 11.8 Å². The van der Waals surface area contributed by atoms with E-state index in [9.17, 15) is 4.79 Å². The van der Waals surface area contributed by atoms with Crippen LogP contribution in [0.4, 0.5) is 5.69 Å². The topological polar surface area (TPSA) is 83.6 Å². The molecule has 27 heavy (non-hydrogen) atoms. The van der Waals surface area contributed by atoms with Crippen LogP contribution in [0.1, 0.15) is 21.7 Å². The highest BCUT2D eigenvalue weighted by atomic mass is 32.2. The third-order valence-electron chi connectivity index (χ3n) is 4.00. The number of H-pyrrole nitrogens is 1. The van der Waals surface area contributed by atoms with Crippen LogP contribution in [-0.4, -0.2) is 26.1 Å². The Labute approximate surface area is 160 Å². The van der Waals surface area contributed by atoms with Gasteiger partial charge in [-0.05, 0) is 62.0 Å². The minimum atomic E-state index is -0.178. The highest BCUT2D eigenvalue weighted by Crippen LogP contribution is 2.26. The standard InChI is InChI=1S/C20H17N5OS/c1-12-10-13(2)23-20(22-12)27-16-8-6-15(7-9-16)24-19(26)17-5-3-4-14-11-21-25-18(14)17/h3-11H,1-2H3,(H,21,25)(H,24,26). The molecule has 0 spiro atoms. The molecule has 0 atom stereocenters. The van der Waals surface area contributed by atoms with E-state index in [1.54, 1.807) is 12.3 Å². The first kappa shape index (κ1) is 17.2. The average molecular weight is 375 g/mol. The van der Waals surface area contributed by atoms with Gasteiger partial charge < -0.3 is 5.32 Å². The van der Waals surface area contributed by atoms with E-state index < -0.39 is 0 Å². The molecule has 4 aromatic rings. The number of rotatable bonds is 4. The summed E-state index contributed by atoms with van der Waals surface area (Å²) in [7, 11) is 0. The van der Waals surface area contributed by atoms with Gasteiger partial charge in [-0.1, -0.05) is 12.1 Å². The number of aromatic nitrogens is 4. The van der Waals surface area contributed by atoms with Crippen molar-refractivity contribution < 1.29 is 4.79 Å². The lowest BCUT2D eigenvalue weighted by Gasteiger charge is -2.07. The largest absolute Gasteiger partial charge is 0.322 e. The van der Waals surface area contributed by atoms with Crippen molar-refractivity contribution in [2.45, 2.75) is 23.9 Å². The second kappa shape index (κ2) is 7.20. The Hall–Kier alpha value is -3.19. The molecule has 0 aliphatic carbocycles. The van der Waals surface area contributed by atoms with E-state index in [-0.39, 0.29) is 5.91 Å². The SMILES string of the molecule is Cc1cc(C)nc(Sc2ccc(NC(=O)c3cccc4cn[nH]c34)cc2)n1. The number of amides is 1. The molecule has 2 N–H and O–H groups in total. The Morgan fingerprint density at radius 1 is 1.04 bits per heavy atom. The summed E-state index contributed by atoms with van der Waals surface area (Å²) in [5, 5.41) is 11.4. The lowest BCUT2D eigenvalue weighted by Crippen LogP contribution is -2.12. The molecule has 0 saturated carbocycles.